The van der Waals surface area contributed by atoms with Crippen LogP contribution in [0.25, 0.3) is 0 Å². The van der Waals surface area contributed by atoms with Gasteiger partial charge in [-0.1, -0.05) is 0 Å². The first-order chi connectivity index (χ1) is 7.29. The average Bonchev–Trinajstić information content (AvgIpc) is 2.97. The minimum absolute atomic E-state index is 0.174. The van der Waals surface area contributed by atoms with Crippen LogP contribution in [0.15, 0.2) is 0 Å². The molecule has 0 N–H and O–H groups in total. The zero-order chi connectivity index (χ0) is 10.4. The van der Waals surface area contributed by atoms with Crippen molar-refractivity contribution in [2.24, 2.45) is 0 Å². The third-order valence-electron chi connectivity index (χ3n) is 2.89. The Morgan fingerprint density at radius 3 is 3.00 bits per heavy atom. The fraction of sp³-hybridized carbons (Fsp3) is 0.600. The van der Waals surface area contributed by atoms with Crippen LogP contribution in [0.1, 0.15) is 33.2 Å². The zero-order valence-electron chi connectivity index (χ0n) is 8.20. The molecule has 1 fully saturated rings. The molecular formula is C10H11ClN2OS. The quantitative estimate of drug-likeness (QED) is 0.744. The Morgan fingerprint density at radius 2 is 2.33 bits per heavy atom. The van der Waals surface area contributed by atoms with Crippen LogP contribution >= 0.6 is 22.9 Å². The van der Waals surface area contributed by atoms with Gasteiger partial charge in [-0.2, -0.15) is 0 Å². The summed E-state index contributed by atoms with van der Waals surface area (Å²) in [5.74, 6) is 0.585. The minimum atomic E-state index is 0.174. The van der Waals surface area contributed by atoms with E-state index in [9.17, 15) is 4.79 Å². The molecule has 0 unspecified atom stereocenters. The van der Waals surface area contributed by atoms with E-state index in [4.69, 9.17) is 11.6 Å². The van der Waals surface area contributed by atoms with Crippen molar-refractivity contribution in [3.8, 4) is 0 Å². The molecule has 0 atom stereocenters. The molecule has 2 heterocycles. The summed E-state index contributed by atoms with van der Waals surface area (Å²) in [7, 11) is 0. The average molecular weight is 243 g/mol. The molecule has 1 aliphatic carbocycles. The van der Waals surface area contributed by atoms with Gasteiger partial charge in [-0.3, -0.25) is 4.79 Å². The second-order valence-corrected chi connectivity index (χ2v) is 5.35. The number of carbonyl (C=O) groups is 1. The maximum atomic E-state index is 12.1. The lowest BCUT2D eigenvalue weighted by molar-refractivity contribution is 0.0731. The van der Waals surface area contributed by atoms with Crippen LogP contribution in [-0.4, -0.2) is 28.4 Å². The fourth-order valence-corrected chi connectivity index (χ4v) is 3.13. The lowest BCUT2D eigenvalue weighted by atomic mass is 10.1. The Kier molecular flexibility index (Phi) is 2.21. The summed E-state index contributed by atoms with van der Waals surface area (Å²) in [4.78, 5) is 19.3. The Morgan fingerprint density at radius 1 is 1.53 bits per heavy atom. The highest BCUT2D eigenvalue weighted by molar-refractivity contribution is 7.14. The van der Waals surface area contributed by atoms with Gasteiger partial charge in [-0.15, -0.1) is 22.9 Å². The molecule has 1 aromatic heterocycles. The summed E-state index contributed by atoms with van der Waals surface area (Å²) in [5, 5.41) is 0.868. The number of hydrogen-bond acceptors (Lipinski definition) is 3. The highest BCUT2D eigenvalue weighted by Gasteiger charge is 2.37. The maximum absolute atomic E-state index is 12.1. The second-order valence-electron chi connectivity index (χ2n) is 4.00. The molecule has 80 valence electrons. The molecule has 0 aromatic carbocycles. The van der Waals surface area contributed by atoms with Crippen LogP contribution in [0.2, 0.25) is 0 Å². The number of fused-ring (bicyclic) bond motifs is 1. The van der Waals surface area contributed by atoms with E-state index in [0.717, 1.165) is 28.5 Å². The van der Waals surface area contributed by atoms with Crippen LogP contribution in [0.4, 0.5) is 0 Å². The molecule has 3 rings (SSSR count). The SMILES string of the molecule is O=C1c2sc(CCl)nc2CCN1C1CC1. The van der Waals surface area contributed by atoms with E-state index >= 15 is 0 Å². The van der Waals surface area contributed by atoms with Crippen molar-refractivity contribution >= 4 is 28.8 Å². The molecule has 0 spiro atoms. The highest BCUT2D eigenvalue weighted by Crippen LogP contribution is 2.33. The number of halogens is 1. The number of alkyl halides is 1. The van der Waals surface area contributed by atoms with E-state index in [2.05, 4.69) is 4.98 Å². The Labute approximate surface area is 97.1 Å². The van der Waals surface area contributed by atoms with Crippen molar-refractivity contribution in [2.45, 2.75) is 31.2 Å². The summed E-state index contributed by atoms with van der Waals surface area (Å²) >= 11 is 7.19. The van der Waals surface area contributed by atoms with Gasteiger partial charge in [0.1, 0.15) is 9.88 Å². The number of rotatable bonds is 2. The van der Waals surface area contributed by atoms with Crippen molar-refractivity contribution in [3.05, 3.63) is 15.6 Å². The number of hydrogen-bond donors (Lipinski definition) is 0. The monoisotopic (exact) mass is 242 g/mol. The van der Waals surface area contributed by atoms with Crippen LogP contribution < -0.4 is 0 Å². The molecule has 1 aromatic rings. The zero-order valence-corrected chi connectivity index (χ0v) is 9.77. The summed E-state index contributed by atoms with van der Waals surface area (Å²) in [5.41, 5.74) is 0.956. The lowest BCUT2D eigenvalue weighted by Gasteiger charge is -2.25. The summed E-state index contributed by atoms with van der Waals surface area (Å²) < 4.78 is 0. The van der Waals surface area contributed by atoms with Gasteiger partial charge in [0, 0.05) is 19.0 Å². The van der Waals surface area contributed by atoms with Gasteiger partial charge in [0.15, 0.2) is 0 Å². The number of thiazole rings is 1. The van der Waals surface area contributed by atoms with E-state index in [1.54, 1.807) is 0 Å². The Bertz CT molecular complexity index is 414. The van der Waals surface area contributed by atoms with Gasteiger partial charge in [0.25, 0.3) is 5.91 Å². The normalized spacial score (nSPS) is 20.6. The van der Waals surface area contributed by atoms with Crippen LogP contribution in [0.3, 0.4) is 0 Å². The molecule has 3 nitrogen and oxygen atoms in total. The smallest absolute Gasteiger partial charge is 0.266 e. The van der Waals surface area contributed by atoms with Crippen LogP contribution in [0, 0.1) is 0 Å². The molecule has 15 heavy (non-hydrogen) atoms. The highest BCUT2D eigenvalue weighted by atomic mass is 35.5. The van der Waals surface area contributed by atoms with Gasteiger partial charge in [0.05, 0.1) is 11.6 Å². The second kappa shape index (κ2) is 3.46. The predicted octanol–water partition coefficient (Wildman–Crippen LogP) is 2.04. The molecule has 0 radical (unpaired) electrons. The molecule has 0 saturated heterocycles. The third kappa shape index (κ3) is 1.56. The lowest BCUT2D eigenvalue weighted by Crippen LogP contribution is -2.38. The first-order valence-corrected chi connectivity index (χ1v) is 6.50. The number of nitrogens with zero attached hydrogens (tertiary/aromatic N) is 2. The van der Waals surface area contributed by atoms with E-state index < -0.39 is 0 Å². The fourth-order valence-electron chi connectivity index (χ4n) is 1.99. The van der Waals surface area contributed by atoms with Gasteiger partial charge in [-0.05, 0) is 12.8 Å². The Balaban J connectivity index is 1.93. The van der Waals surface area contributed by atoms with Crippen molar-refractivity contribution < 1.29 is 4.79 Å². The van der Waals surface area contributed by atoms with E-state index in [-0.39, 0.29) is 5.91 Å². The molecule has 1 amide bonds. The molecule has 1 aliphatic heterocycles. The largest absolute Gasteiger partial charge is 0.335 e. The molecular weight excluding hydrogens is 232 g/mol. The van der Waals surface area contributed by atoms with Crippen molar-refractivity contribution in [1.29, 1.82) is 0 Å². The van der Waals surface area contributed by atoms with Crippen LogP contribution in [0.5, 0.6) is 0 Å². The number of carbonyl (C=O) groups excluding carboxylic acids is 1. The van der Waals surface area contributed by atoms with Crippen LogP contribution in [-0.2, 0) is 12.3 Å². The van der Waals surface area contributed by atoms with Gasteiger partial charge in [0.2, 0.25) is 0 Å². The first-order valence-electron chi connectivity index (χ1n) is 5.15. The van der Waals surface area contributed by atoms with Gasteiger partial charge in [-0.25, -0.2) is 4.98 Å². The van der Waals surface area contributed by atoms with Crippen molar-refractivity contribution in [3.63, 3.8) is 0 Å². The standard InChI is InChI=1S/C10H11ClN2OS/c11-5-8-12-7-3-4-13(6-1-2-6)10(14)9(7)15-8/h6H,1-5H2. The molecule has 2 aliphatic rings. The van der Waals surface area contributed by atoms with E-state index in [1.165, 1.54) is 24.2 Å². The number of aromatic nitrogens is 1. The van der Waals surface area contributed by atoms with E-state index in [1.807, 2.05) is 4.90 Å². The topological polar surface area (TPSA) is 33.2 Å². The predicted molar refractivity (Wildman–Crippen MR) is 59.4 cm³/mol. The summed E-state index contributed by atoms with van der Waals surface area (Å²) in [6.07, 6.45) is 3.23. The summed E-state index contributed by atoms with van der Waals surface area (Å²) in [6, 6.07) is 0.507. The minimum Gasteiger partial charge on any atom is -0.335 e. The number of amides is 1. The Hall–Kier alpha value is -0.610. The summed E-state index contributed by atoms with van der Waals surface area (Å²) in [6.45, 7) is 0.835. The van der Waals surface area contributed by atoms with Crippen molar-refractivity contribution in [2.75, 3.05) is 6.54 Å². The molecule has 1 saturated carbocycles. The van der Waals surface area contributed by atoms with Gasteiger partial charge >= 0.3 is 0 Å². The molecule has 5 heteroatoms. The maximum Gasteiger partial charge on any atom is 0.266 e. The van der Waals surface area contributed by atoms with Crippen molar-refractivity contribution in [1.82, 2.24) is 9.88 Å². The first kappa shape index (κ1) is 9.60. The van der Waals surface area contributed by atoms with Gasteiger partial charge < -0.3 is 4.90 Å². The third-order valence-corrected chi connectivity index (χ3v) is 4.39. The van der Waals surface area contributed by atoms with E-state index in [0.29, 0.717) is 11.9 Å². The molecule has 0 bridgehead atoms.